The van der Waals surface area contributed by atoms with E-state index in [-0.39, 0.29) is 5.60 Å². The Hall–Kier alpha value is -0.860. The van der Waals surface area contributed by atoms with Crippen molar-refractivity contribution in [2.24, 2.45) is 5.92 Å². The van der Waals surface area contributed by atoms with Gasteiger partial charge in [0.25, 0.3) is 0 Å². The highest BCUT2D eigenvalue weighted by atomic mass is 16.5. The molecule has 1 N–H and O–H groups in total. The van der Waals surface area contributed by atoms with Crippen molar-refractivity contribution in [3.63, 3.8) is 0 Å². The molecule has 1 aliphatic rings. The molecule has 0 aliphatic heterocycles. The van der Waals surface area contributed by atoms with Crippen molar-refractivity contribution in [3.05, 3.63) is 35.9 Å². The van der Waals surface area contributed by atoms with E-state index in [4.69, 9.17) is 4.74 Å². The molecule has 1 aliphatic carbocycles. The van der Waals surface area contributed by atoms with Gasteiger partial charge in [0, 0.05) is 0 Å². The van der Waals surface area contributed by atoms with Gasteiger partial charge >= 0.3 is 0 Å². The van der Waals surface area contributed by atoms with Crippen LogP contribution in [0.3, 0.4) is 0 Å². The lowest BCUT2D eigenvalue weighted by atomic mass is 9.77. The number of ether oxygens (including phenoxy) is 1. The predicted molar refractivity (Wildman–Crippen MR) is 80.1 cm³/mol. The Labute approximate surface area is 117 Å². The molecule has 0 spiro atoms. The Morgan fingerprint density at radius 2 is 1.95 bits per heavy atom. The maximum absolute atomic E-state index is 6.22. The number of hydrogen-bond acceptors (Lipinski definition) is 2. The number of nitrogens with one attached hydrogen (secondary N) is 1. The van der Waals surface area contributed by atoms with Crippen molar-refractivity contribution >= 4 is 0 Å². The molecule has 0 saturated heterocycles. The van der Waals surface area contributed by atoms with Crippen LogP contribution in [0.5, 0.6) is 0 Å². The van der Waals surface area contributed by atoms with Gasteiger partial charge in [0.15, 0.2) is 0 Å². The minimum Gasteiger partial charge on any atom is -0.370 e. The topological polar surface area (TPSA) is 21.3 Å². The van der Waals surface area contributed by atoms with Crippen molar-refractivity contribution in [2.75, 3.05) is 13.1 Å². The van der Waals surface area contributed by atoms with E-state index in [2.05, 4.69) is 49.5 Å². The maximum Gasteiger partial charge on any atom is 0.0724 e. The van der Waals surface area contributed by atoms with Gasteiger partial charge in [0.2, 0.25) is 0 Å². The molecular formula is C17H27NO. The molecule has 0 unspecified atom stereocenters. The molecule has 106 valence electrons. The third-order valence-corrected chi connectivity index (χ3v) is 3.96. The van der Waals surface area contributed by atoms with Crippen LogP contribution in [0, 0.1) is 5.92 Å². The molecule has 2 heteroatoms. The van der Waals surface area contributed by atoms with Crippen LogP contribution in [-0.4, -0.2) is 18.7 Å². The first-order chi connectivity index (χ1) is 9.20. The van der Waals surface area contributed by atoms with Crippen LogP contribution in [-0.2, 0) is 11.3 Å². The van der Waals surface area contributed by atoms with Crippen LogP contribution in [0.15, 0.2) is 30.3 Å². The van der Waals surface area contributed by atoms with E-state index in [1.54, 1.807) is 0 Å². The highest BCUT2D eigenvalue weighted by Gasteiger charge is 2.37. The summed E-state index contributed by atoms with van der Waals surface area (Å²) in [6.45, 7) is 7.43. The molecule has 2 nitrogen and oxygen atoms in total. The lowest BCUT2D eigenvalue weighted by molar-refractivity contribution is -0.114. The number of rotatable bonds is 8. The molecule has 1 aromatic carbocycles. The Balaban J connectivity index is 1.72. The fourth-order valence-corrected chi connectivity index (χ4v) is 2.56. The van der Waals surface area contributed by atoms with Crippen molar-refractivity contribution in [1.29, 1.82) is 0 Å². The Bertz CT molecular complexity index is 357. The monoisotopic (exact) mass is 261 g/mol. The van der Waals surface area contributed by atoms with Crippen molar-refractivity contribution < 1.29 is 4.74 Å². The fraction of sp³-hybridized carbons (Fsp3) is 0.647. The van der Waals surface area contributed by atoms with Crippen LogP contribution < -0.4 is 5.32 Å². The third kappa shape index (κ3) is 4.63. The van der Waals surface area contributed by atoms with Crippen LogP contribution in [0.4, 0.5) is 0 Å². The van der Waals surface area contributed by atoms with E-state index in [1.165, 1.54) is 24.8 Å². The first kappa shape index (κ1) is 14.5. The molecule has 0 aromatic heterocycles. The van der Waals surface area contributed by atoms with E-state index in [0.29, 0.717) is 0 Å². The summed E-state index contributed by atoms with van der Waals surface area (Å²) in [5, 5.41) is 3.53. The average molecular weight is 261 g/mol. The minimum absolute atomic E-state index is 0.153. The molecule has 1 saturated carbocycles. The standard InChI is InChI=1S/C17H27NO/c1-15(2)13-18-12-11-17(9-6-10-17)19-14-16-7-4-3-5-8-16/h3-5,7-8,15,18H,6,9-14H2,1-2H3. The van der Waals surface area contributed by atoms with Gasteiger partial charge in [0.05, 0.1) is 12.2 Å². The van der Waals surface area contributed by atoms with Crippen LogP contribution in [0.2, 0.25) is 0 Å². The zero-order valence-corrected chi connectivity index (χ0v) is 12.3. The zero-order chi connectivity index (χ0) is 13.6. The quantitative estimate of drug-likeness (QED) is 0.719. The summed E-state index contributed by atoms with van der Waals surface area (Å²) < 4.78 is 6.22. The Morgan fingerprint density at radius 3 is 2.53 bits per heavy atom. The predicted octanol–water partition coefficient (Wildman–Crippen LogP) is 3.76. The Kier molecular flexibility index (Phi) is 5.41. The number of hydrogen-bond donors (Lipinski definition) is 1. The van der Waals surface area contributed by atoms with Gasteiger partial charge in [0.1, 0.15) is 0 Å². The normalized spacial score (nSPS) is 17.4. The summed E-state index contributed by atoms with van der Waals surface area (Å²) in [5.74, 6) is 0.725. The van der Waals surface area contributed by atoms with Gasteiger partial charge in [-0.25, -0.2) is 0 Å². The summed E-state index contributed by atoms with van der Waals surface area (Å²) in [7, 11) is 0. The minimum atomic E-state index is 0.153. The lowest BCUT2D eigenvalue weighted by Crippen LogP contribution is -2.42. The molecule has 19 heavy (non-hydrogen) atoms. The third-order valence-electron chi connectivity index (χ3n) is 3.96. The van der Waals surface area contributed by atoms with Gasteiger partial charge in [-0.1, -0.05) is 44.2 Å². The highest BCUT2D eigenvalue weighted by molar-refractivity contribution is 5.13. The van der Waals surface area contributed by atoms with Crippen LogP contribution >= 0.6 is 0 Å². The molecule has 0 radical (unpaired) electrons. The summed E-state index contributed by atoms with van der Waals surface area (Å²) in [6.07, 6.45) is 4.91. The second kappa shape index (κ2) is 7.06. The van der Waals surface area contributed by atoms with Crippen LogP contribution in [0.25, 0.3) is 0 Å². The average Bonchev–Trinajstić information content (AvgIpc) is 2.37. The SMILES string of the molecule is CC(C)CNCCC1(OCc2ccccc2)CCC1. The second-order valence-electron chi connectivity index (χ2n) is 6.16. The fourth-order valence-electron chi connectivity index (χ4n) is 2.56. The smallest absolute Gasteiger partial charge is 0.0724 e. The molecule has 0 heterocycles. The zero-order valence-electron chi connectivity index (χ0n) is 12.3. The molecular weight excluding hydrogens is 234 g/mol. The molecule has 1 fully saturated rings. The van der Waals surface area contributed by atoms with E-state index < -0.39 is 0 Å². The summed E-state index contributed by atoms with van der Waals surface area (Å²) in [6, 6.07) is 10.5. The molecule has 2 rings (SSSR count). The second-order valence-corrected chi connectivity index (χ2v) is 6.16. The van der Waals surface area contributed by atoms with E-state index >= 15 is 0 Å². The summed E-state index contributed by atoms with van der Waals surface area (Å²) in [4.78, 5) is 0. The van der Waals surface area contributed by atoms with E-state index in [9.17, 15) is 0 Å². The highest BCUT2D eigenvalue weighted by Crippen LogP contribution is 2.39. The van der Waals surface area contributed by atoms with Crippen molar-refractivity contribution in [1.82, 2.24) is 5.32 Å². The lowest BCUT2D eigenvalue weighted by Gasteiger charge is -2.42. The van der Waals surface area contributed by atoms with Gasteiger partial charge in [-0.2, -0.15) is 0 Å². The number of benzene rings is 1. The maximum atomic E-state index is 6.22. The summed E-state index contributed by atoms with van der Waals surface area (Å²) in [5.41, 5.74) is 1.43. The van der Waals surface area contributed by atoms with E-state index in [1.807, 2.05) is 0 Å². The van der Waals surface area contributed by atoms with Gasteiger partial charge < -0.3 is 10.1 Å². The summed E-state index contributed by atoms with van der Waals surface area (Å²) >= 11 is 0. The van der Waals surface area contributed by atoms with Gasteiger partial charge in [-0.3, -0.25) is 0 Å². The van der Waals surface area contributed by atoms with E-state index in [0.717, 1.165) is 32.0 Å². The van der Waals surface area contributed by atoms with Crippen molar-refractivity contribution in [2.45, 2.75) is 51.7 Å². The molecule has 0 atom stereocenters. The first-order valence-electron chi connectivity index (χ1n) is 7.59. The van der Waals surface area contributed by atoms with Gasteiger partial charge in [-0.05, 0) is 50.3 Å². The molecule has 1 aromatic rings. The first-order valence-corrected chi connectivity index (χ1v) is 7.59. The largest absolute Gasteiger partial charge is 0.370 e. The molecule has 0 bridgehead atoms. The van der Waals surface area contributed by atoms with Crippen molar-refractivity contribution in [3.8, 4) is 0 Å². The molecule has 0 amide bonds. The Morgan fingerprint density at radius 1 is 1.21 bits per heavy atom. The van der Waals surface area contributed by atoms with Gasteiger partial charge in [-0.15, -0.1) is 0 Å². The van der Waals surface area contributed by atoms with Crippen LogP contribution in [0.1, 0.15) is 45.1 Å².